The summed E-state index contributed by atoms with van der Waals surface area (Å²) in [5.41, 5.74) is 2.82. The Morgan fingerprint density at radius 1 is 0.677 bits per heavy atom. The first kappa shape index (κ1) is 20.8. The van der Waals surface area contributed by atoms with Crippen LogP contribution in [0.3, 0.4) is 0 Å². The van der Waals surface area contributed by atoms with E-state index in [0.717, 1.165) is 16.7 Å². The van der Waals surface area contributed by atoms with Gasteiger partial charge in [-0.2, -0.15) is 4.72 Å². The van der Waals surface area contributed by atoms with Gasteiger partial charge in [0, 0.05) is 0 Å². The maximum absolute atomic E-state index is 13.2. The second-order valence-electron chi connectivity index (χ2n) is 7.21. The van der Waals surface area contributed by atoms with E-state index >= 15 is 0 Å². The molecule has 5 heteroatoms. The maximum Gasteiger partial charge on any atom is 0.241 e. The number of benzene rings is 4. The molecule has 0 aliphatic heterocycles. The molecule has 0 saturated heterocycles. The summed E-state index contributed by atoms with van der Waals surface area (Å²) >= 11 is 0. The minimum atomic E-state index is -3.77. The topological polar surface area (TPSA) is 55.4 Å². The predicted octanol–water partition coefficient (Wildman–Crippen LogP) is 5.86. The molecule has 0 bridgehead atoms. The van der Waals surface area contributed by atoms with E-state index in [0.29, 0.717) is 11.5 Å². The van der Waals surface area contributed by atoms with Gasteiger partial charge in [-0.15, -0.1) is 0 Å². The average Bonchev–Trinajstić information content (AvgIpc) is 2.80. The lowest BCUT2D eigenvalue weighted by molar-refractivity contribution is 0.482. The van der Waals surface area contributed by atoms with E-state index in [1.54, 1.807) is 24.3 Å². The largest absolute Gasteiger partial charge is 0.457 e. The fourth-order valence-corrected chi connectivity index (χ4v) is 4.61. The molecule has 1 atom stereocenters. The van der Waals surface area contributed by atoms with E-state index in [9.17, 15) is 8.42 Å². The van der Waals surface area contributed by atoms with E-state index in [4.69, 9.17) is 4.74 Å². The number of rotatable bonds is 7. The highest BCUT2D eigenvalue weighted by Crippen LogP contribution is 2.28. The fourth-order valence-electron chi connectivity index (χ4n) is 3.40. The van der Waals surface area contributed by atoms with E-state index < -0.39 is 16.1 Å². The van der Waals surface area contributed by atoms with Crippen LogP contribution < -0.4 is 9.46 Å². The van der Waals surface area contributed by atoms with E-state index in [2.05, 4.69) is 4.72 Å². The molecule has 156 valence electrons. The van der Waals surface area contributed by atoms with Crippen molar-refractivity contribution >= 4 is 10.0 Å². The van der Waals surface area contributed by atoms with Crippen molar-refractivity contribution in [3.05, 3.63) is 126 Å². The van der Waals surface area contributed by atoms with Gasteiger partial charge in [0.25, 0.3) is 0 Å². The molecule has 0 aliphatic carbocycles. The van der Waals surface area contributed by atoms with Crippen molar-refractivity contribution < 1.29 is 13.2 Å². The third-order valence-electron chi connectivity index (χ3n) is 5.02. The van der Waals surface area contributed by atoms with Crippen molar-refractivity contribution in [2.45, 2.75) is 17.9 Å². The molecule has 0 saturated carbocycles. The van der Waals surface area contributed by atoms with Crippen LogP contribution in [0.1, 0.15) is 22.7 Å². The van der Waals surface area contributed by atoms with Crippen LogP contribution in [-0.2, 0) is 10.0 Å². The van der Waals surface area contributed by atoms with Gasteiger partial charge < -0.3 is 4.74 Å². The van der Waals surface area contributed by atoms with Crippen LogP contribution in [0.25, 0.3) is 0 Å². The quantitative estimate of drug-likeness (QED) is 0.401. The van der Waals surface area contributed by atoms with Crippen LogP contribution in [0.5, 0.6) is 11.5 Å². The van der Waals surface area contributed by atoms with Gasteiger partial charge >= 0.3 is 0 Å². The molecule has 4 rings (SSSR count). The Bertz CT molecular complexity index is 1240. The van der Waals surface area contributed by atoms with E-state index in [1.807, 2.05) is 91.9 Å². The van der Waals surface area contributed by atoms with Gasteiger partial charge in [-0.25, -0.2) is 8.42 Å². The van der Waals surface area contributed by atoms with Crippen LogP contribution in [0.4, 0.5) is 0 Å². The molecule has 1 N–H and O–H groups in total. The predicted molar refractivity (Wildman–Crippen MR) is 123 cm³/mol. The van der Waals surface area contributed by atoms with Crippen LogP contribution in [0.2, 0.25) is 0 Å². The number of ether oxygens (including phenoxy) is 1. The number of para-hydroxylation sites is 1. The number of sulfonamides is 1. The standard InChI is InChI=1S/C26H23NO3S/c1-20-10-8-9-15-25(20)26(21-11-4-2-5-12-21)27-31(28,29)24-18-16-23(17-19-24)30-22-13-6-3-7-14-22/h2-19,26-27H,1H3. The highest BCUT2D eigenvalue weighted by Gasteiger charge is 2.24. The van der Waals surface area contributed by atoms with Crippen LogP contribution >= 0.6 is 0 Å². The first-order chi connectivity index (χ1) is 15.0. The third kappa shape index (κ3) is 5.02. The molecule has 0 radical (unpaired) electrons. The fraction of sp³-hybridized carbons (Fsp3) is 0.0769. The second kappa shape index (κ2) is 9.16. The Labute approximate surface area is 183 Å². The van der Waals surface area contributed by atoms with Crippen LogP contribution in [-0.4, -0.2) is 8.42 Å². The van der Waals surface area contributed by atoms with Gasteiger partial charge in [0.1, 0.15) is 11.5 Å². The number of aryl methyl sites for hydroxylation is 1. The third-order valence-corrected chi connectivity index (χ3v) is 6.46. The molecular weight excluding hydrogens is 406 g/mol. The van der Waals surface area contributed by atoms with E-state index in [1.165, 1.54) is 0 Å². The zero-order chi connectivity index (χ0) is 21.7. The Morgan fingerprint density at radius 3 is 1.87 bits per heavy atom. The molecular formula is C26H23NO3S. The molecule has 0 spiro atoms. The summed E-state index contributed by atoms with van der Waals surface area (Å²) in [4.78, 5) is 0.183. The maximum atomic E-state index is 13.2. The molecule has 0 amide bonds. The summed E-state index contributed by atoms with van der Waals surface area (Å²) in [7, 11) is -3.77. The lowest BCUT2D eigenvalue weighted by Gasteiger charge is -2.21. The smallest absolute Gasteiger partial charge is 0.241 e. The Balaban J connectivity index is 1.61. The highest BCUT2D eigenvalue weighted by atomic mass is 32.2. The first-order valence-corrected chi connectivity index (χ1v) is 11.5. The average molecular weight is 430 g/mol. The van der Waals surface area contributed by atoms with Crippen molar-refractivity contribution in [2.24, 2.45) is 0 Å². The molecule has 4 aromatic carbocycles. The van der Waals surface area contributed by atoms with Crippen molar-refractivity contribution in [3.63, 3.8) is 0 Å². The summed E-state index contributed by atoms with van der Waals surface area (Å²) in [6.07, 6.45) is 0. The minimum absolute atomic E-state index is 0.183. The molecule has 4 aromatic rings. The zero-order valence-corrected chi connectivity index (χ0v) is 17.9. The lowest BCUT2D eigenvalue weighted by atomic mass is 9.96. The Morgan fingerprint density at radius 2 is 1.23 bits per heavy atom. The molecule has 4 nitrogen and oxygen atoms in total. The van der Waals surface area contributed by atoms with Crippen molar-refractivity contribution in [1.29, 1.82) is 0 Å². The van der Waals surface area contributed by atoms with Gasteiger partial charge in [-0.1, -0.05) is 72.8 Å². The Hall–Kier alpha value is -3.41. The van der Waals surface area contributed by atoms with Crippen LogP contribution in [0, 0.1) is 6.92 Å². The normalized spacial score (nSPS) is 12.3. The summed E-state index contributed by atoms with van der Waals surface area (Å²) in [6.45, 7) is 1.98. The summed E-state index contributed by atoms with van der Waals surface area (Å²) in [5, 5.41) is 0. The van der Waals surface area contributed by atoms with Gasteiger partial charge in [0.2, 0.25) is 10.0 Å². The number of hydrogen-bond acceptors (Lipinski definition) is 3. The molecule has 1 unspecified atom stereocenters. The SMILES string of the molecule is Cc1ccccc1C(NS(=O)(=O)c1ccc(Oc2ccccc2)cc1)c1ccccc1. The number of nitrogens with one attached hydrogen (secondary N) is 1. The number of hydrogen-bond donors (Lipinski definition) is 1. The molecule has 0 heterocycles. The summed E-state index contributed by atoms with van der Waals surface area (Å²) in [5.74, 6) is 1.27. The first-order valence-electron chi connectivity index (χ1n) is 9.99. The zero-order valence-electron chi connectivity index (χ0n) is 17.1. The van der Waals surface area contributed by atoms with Crippen LogP contribution in [0.15, 0.2) is 114 Å². The van der Waals surface area contributed by atoms with Crippen molar-refractivity contribution in [3.8, 4) is 11.5 Å². The Kier molecular flexibility index (Phi) is 6.16. The van der Waals surface area contributed by atoms with Gasteiger partial charge in [-0.05, 0) is 60.0 Å². The van der Waals surface area contributed by atoms with E-state index in [-0.39, 0.29) is 4.90 Å². The second-order valence-corrected chi connectivity index (χ2v) is 8.92. The molecule has 0 aliphatic rings. The monoisotopic (exact) mass is 429 g/mol. The van der Waals surface area contributed by atoms with Crippen molar-refractivity contribution in [2.75, 3.05) is 0 Å². The van der Waals surface area contributed by atoms with Crippen molar-refractivity contribution in [1.82, 2.24) is 4.72 Å². The molecule has 0 aromatic heterocycles. The highest BCUT2D eigenvalue weighted by molar-refractivity contribution is 7.89. The molecule has 0 fully saturated rings. The summed E-state index contributed by atoms with van der Waals surface area (Å²) in [6, 6.07) is 32.7. The minimum Gasteiger partial charge on any atom is -0.457 e. The lowest BCUT2D eigenvalue weighted by Crippen LogP contribution is -2.30. The van der Waals surface area contributed by atoms with Gasteiger partial charge in [-0.3, -0.25) is 0 Å². The van der Waals surface area contributed by atoms with Gasteiger partial charge in [0.15, 0.2) is 0 Å². The molecule has 31 heavy (non-hydrogen) atoms. The van der Waals surface area contributed by atoms with Gasteiger partial charge in [0.05, 0.1) is 10.9 Å². The summed E-state index contributed by atoms with van der Waals surface area (Å²) < 4.78 is 35.1.